The summed E-state index contributed by atoms with van der Waals surface area (Å²) in [5, 5.41) is 10.2. The zero-order chi connectivity index (χ0) is 13.1. The molecule has 0 saturated carbocycles. The van der Waals surface area contributed by atoms with Gasteiger partial charge in [-0.3, -0.25) is 4.79 Å². The van der Waals surface area contributed by atoms with E-state index in [0.29, 0.717) is 0 Å². The first-order valence-corrected chi connectivity index (χ1v) is 4.96. The average molecular weight is 240 g/mol. The van der Waals surface area contributed by atoms with Crippen molar-refractivity contribution in [1.29, 1.82) is 0 Å². The van der Waals surface area contributed by atoms with Crippen molar-refractivity contribution >= 4 is 11.8 Å². The fraction of sp³-hybridized carbons (Fsp3) is 0.333. The van der Waals surface area contributed by atoms with Crippen LogP contribution in [-0.4, -0.2) is 24.0 Å². The smallest absolute Gasteiger partial charge is 0.343 e. The van der Waals surface area contributed by atoms with Gasteiger partial charge in [-0.15, -0.1) is 0 Å². The predicted molar refractivity (Wildman–Crippen MR) is 57.6 cm³/mol. The highest BCUT2D eigenvalue weighted by Crippen LogP contribution is 2.27. The molecule has 17 heavy (non-hydrogen) atoms. The number of aliphatic hydroxyl groups is 1. The lowest BCUT2D eigenvalue weighted by Gasteiger charge is -2.24. The Labute approximate surface area is 98.0 Å². The molecule has 5 heteroatoms. The van der Waals surface area contributed by atoms with Crippen molar-refractivity contribution in [3.05, 3.63) is 35.6 Å². The molecule has 0 spiro atoms. The molecule has 0 aliphatic heterocycles. The molecule has 92 valence electrons. The second-order valence-corrected chi connectivity index (χ2v) is 3.74. The van der Waals surface area contributed by atoms with E-state index in [9.17, 15) is 19.1 Å². The Morgan fingerprint density at radius 1 is 1.47 bits per heavy atom. The second kappa shape index (κ2) is 5.05. The average Bonchev–Trinajstić information content (AvgIpc) is 2.26. The second-order valence-electron chi connectivity index (χ2n) is 3.74. The lowest BCUT2D eigenvalue weighted by molar-refractivity contribution is -0.166. The molecule has 0 aliphatic rings. The molecule has 0 radical (unpaired) electrons. The third-order valence-electron chi connectivity index (χ3n) is 2.33. The van der Waals surface area contributed by atoms with Gasteiger partial charge in [0.05, 0.1) is 7.11 Å². The fourth-order valence-corrected chi connectivity index (χ4v) is 1.57. The van der Waals surface area contributed by atoms with E-state index in [-0.39, 0.29) is 5.56 Å². The number of carbonyl (C=O) groups excluding carboxylic acids is 2. The van der Waals surface area contributed by atoms with E-state index in [2.05, 4.69) is 4.74 Å². The summed E-state index contributed by atoms with van der Waals surface area (Å²) in [4.78, 5) is 22.6. The molecule has 0 saturated heterocycles. The van der Waals surface area contributed by atoms with Gasteiger partial charge in [-0.25, -0.2) is 9.18 Å². The minimum Gasteiger partial charge on any atom is -0.467 e. The summed E-state index contributed by atoms with van der Waals surface area (Å²) >= 11 is 0. The summed E-state index contributed by atoms with van der Waals surface area (Å²) in [5.41, 5.74) is -2.14. The number of hydrogen-bond acceptors (Lipinski definition) is 4. The Bertz CT molecular complexity index is 444. The third kappa shape index (κ3) is 2.88. The maximum absolute atomic E-state index is 13.1. The summed E-state index contributed by atoms with van der Waals surface area (Å²) < 4.78 is 17.5. The summed E-state index contributed by atoms with van der Waals surface area (Å²) in [5.74, 6) is -1.99. The van der Waals surface area contributed by atoms with Gasteiger partial charge in [-0.1, -0.05) is 12.1 Å². The molecular formula is C12H13FO4. The molecule has 0 amide bonds. The van der Waals surface area contributed by atoms with Crippen molar-refractivity contribution < 1.29 is 23.8 Å². The molecule has 1 N–H and O–H groups in total. The third-order valence-corrected chi connectivity index (χ3v) is 2.33. The fourth-order valence-electron chi connectivity index (χ4n) is 1.57. The van der Waals surface area contributed by atoms with Crippen LogP contribution in [0.2, 0.25) is 0 Å². The molecular weight excluding hydrogens is 227 g/mol. The van der Waals surface area contributed by atoms with Crippen LogP contribution in [0.15, 0.2) is 24.3 Å². The number of carbonyl (C=O) groups is 2. The Kier molecular flexibility index (Phi) is 3.96. The highest BCUT2D eigenvalue weighted by Gasteiger charge is 2.40. The highest BCUT2D eigenvalue weighted by atomic mass is 19.1. The lowest BCUT2D eigenvalue weighted by Crippen LogP contribution is -2.38. The molecule has 1 aromatic carbocycles. The summed E-state index contributed by atoms with van der Waals surface area (Å²) in [6.45, 7) is 1.23. The first kappa shape index (κ1) is 13.3. The van der Waals surface area contributed by atoms with Crippen LogP contribution in [0.5, 0.6) is 0 Å². The van der Waals surface area contributed by atoms with Crippen LogP contribution in [0.1, 0.15) is 18.9 Å². The lowest BCUT2D eigenvalue weighted by atomic mass is 9.89. The Morgan fingerprint density at radius 2 is 2.12 bits per heavy atom. The van der Waals surface area contributed by atoms with Crippen molar-refractivity contribution in [3.8, 4) is 0 Å². The number of ether oxygens (including phenoxy) is 1. The van der Waals surface area contributed by atoms with Crippen LogP contribution in [-0.2, 0) is 19.9 Å². The Balaban J connectivity index is 3.23. The molecule has 1 aromatic rings. The van der Waals surface area contributed by atoms with Crippen LogP contribution in [0.25, 0.3) is 0 Å². The number of benzene rings is 1. The van der Waals surface area contributed by atoms with Crippen LogP contribution >= 0.6 is 0 Å². The minimum absolute atomic E-state index is 0.000417. The standard InChI is InChI=1S/C12H13FO4/c1-8(14)7-12(16,11(15)17-2)9-4-3-5-10(13)6-9/h3-6,16H,7H2,1-2H3/t12-/m0/s1. The van der Waals surface area contributed by atoms with Gasteiger partial charge in [-0.2, -0.15) is 0 Å². The van der Waals surface area contributed by atoms with Crippen molar-refractivity contribution in [2.75, 3.05) is 7.11 Å². The molecule has 1 atom stereocenters. The van der Waals surface area contributed by atoms with Crippen LogP contribution in [0, 0.1) is 5.82 Å². The first-order chi connectivity index (χ1) is 7.90. The van der Waals surface area contributed by atoms with E-state index in [4.69, 9.17) is 0 Å². The SMILES string of the molecule is COC(=O)[C@](O)(CC(C)=O)c1cccc(F)c1. The Morgan fingerprint density at radius 3 is 2.59 bits per heavy atom. The zero-order valence-corrected chi connectivity index (χ0v) is 9.57. The monoisotopic (exact) mass is 240 g/mol. The quantitative estimate of drug-likeness (QED) is 0.802. The summed E-state index contributed by atoms with van der Waals surface area (Å²) in [6, 6.07) is 4.89. The van der Waals surface area contributed by atoms with E-state index in [1.165, 1.54) is 25.1 Å². The van der Waals surface area contributed by atoms with Gasteiger partial charge in [-0.05, 0) is 24.6 Å². The summed E-state index contributed by atoms with van der Waals surface area (Å²) in [6.07, 6.45) is -0.455. The number of esters is 1. The molecule has 0 bridgehead atoms. The largest absolute Gasteiger partial charge is 0.467 e. The van der Waals surface area contributed by atoms with E-state index < -0.39 is 29.6 Å². The van der Waals surface area contributed by atoms with E-state index >= 15 is 0 Å². The van der Waals surface area contributed by atoms with Crippen LogP contribution in [0.3, 0.4) is 0 Å². The number of rotatable bonds is 4. The normalized spacial score (nSPS) is 13.9. The maximum Gasteiger partial charge on any atom is 0.343 e. The number of ketones is 1. The number of hydrogen-bond donors (Lipinski definition) is 1. The van der Waals surface area contributed by atoms with Crippen LogP contribution < -0.4 is 0 Å². The zero-order valence-electron chi connectivity index (χ0n) is 9.57. The van der Waals surface area contributed by atoms with Crippen molar-refractivity contribution in [1.82, 2.24) is 0 Å². The number of methoxy groups -OCH3 is 1. The van der Waals surface area contributed by atoms with Gasteiger partial charge in [0.15, 0.2) is 5.60 Å². The van der Waals surface area contributed by atoms with Crippen molar-refractivity contribution in [3.63, 3.8) is 0 Å². The topological polar surface area (TPSA) is 63.6 Å². The maximum atomic E-state index is 13.1. The van der Waals surface area contributed by atoms with E-state index in [1.807, 2.05) is 0 Å². The van der Waals surface area contributed by atoms with Crippen molar-refractivity contribution in [2.45, 2.75) is 18.9 Å². The molecule has 1 rings (SSSR count). The molecule has 0 aromatic heterocycles. The van der Waals surface area contributed by atoms with Gasteiger partial charge in [0, 0.05) is 6.42 Å². The highest BCUT2D eigenvalue weighted by molar-refractivity contribution is 5.88. The van der Waals surface area contributed by atoms with Gasteiger partial charge in [0.2, 0.25) is 0 Å². The molecule has 4 nitrogen and oxygen atoms in total. The molecule has 0 heterocycles. The van der Waals surface area contributed by atoms with Gasteiger partial charge in [0.1, 0.15) is 11.6 Å². The van der Waals surface area contributed by atoms with Gasteiger partial charge < -0.3 is 9.84 Å². The van der Waals surface area contributed by atoms with Crippen molar-refractivity contribution in [2.24, 2.45) is 0 Å². The predicted octanol–water partition coefficient (Wildman–Crippen LogP) is 1.17. The first-order valence-electron chi connectivity index (χ1n) is 4.96. The van der Waals surface area contributed by atoms with Gasteiger partial charge in [0.25, 0.3) is 0 Å². The number of halogens is 1. The molecule has 0 fully saturated rings. The molecule has 0 aliphatic carbocycles. The van der Waals surface area contributed by atoms with E-state index in [1.54, 1.807) is 0 Å². The summed E-state index contributed by atoms with van der Waals surface area (Å²) in [7, 11) is 1.09. The number of Topliss-reactive ketones (excluding diaryl/α,β-unsaturated/α-hetero) is 1. The minimum atomic E-state index is -2.14. The van der Waals surface area contributed by atoms with Crippen LogP contribution in [0.4, 0.5) is 4.39 Å². The molecule has 0 unspecified atom stereocenters. The Hall–Kier alpha value is -1.75. The van der Waals surface area contributed by atoms with E-state index in [0.717, 1.165) is 13.2 Å². The van der Waals surface area contributed by atoms with Gasteiger partial charge >= 0.3 is 5.97 Å².